The molecule has 0 aliphatic carbocycles. The van der Waals surface area contributed by atoms with Gasteiger partial charge in [0.05, 0.1) is 17.1 Å². The molecule has 4 heteroatoms. The molecule has 1 aromatic rings. The van der Waals surface area contributed by atoms with Crippen LogP contribution in [0.1, 0.15) is 37.4 Å². The largest absolute Gasteiger partial charge is 0.385 e. The van der Waals surface area contributed by atoms with Gasteiger partial charge in [0.25, 0.3) is 0 Å². The van der Waals surface area contributed by atoms with Crippen molar-refractivity contribution in [1.82, 2.24) is 4.98 Å². The zero-order chi connectivity index (χ0) is 12.1. The van der Waals surface area contributed by atoms with Crippen molar-refractivity contribution in [2.45, 2.75) is 46.1 Å². The van der Waals surface area contributed by atoms with E-state index in [0.29, 0.717) is 0 Å². The minimum Gasteiger partial charge on any atom is -0.385 e. The van der Waals surface area contributed by atoms with Crippen LogP contribution >= 0.6 is 11.3 Å². The Balaban J connectivity index is 2.58. The van der Waals surface area contributed by atoms with Crippen molar-refractivity contribution in [1.29, 1.82) is 0 Å². The van der Waals surface area contributed by atoms with Crippen LogP contribution in [0.15, 0.2) is 5.38 Å². The molecule has 0 aromatic carbocycles. The van der Waals surface area contributed by atoms with Crippen molar-refractivity contribution < 1.29 is 9.90 Å². The lowest BCUT2D eigenvalue weighted by Crippen LogP contribution is -2.30. The summed E-state index contributed by atoms with van der Waals surface area (Å²) >= 11 is 1.53. The summed E-state index contributed by atoms with van der Waals surface area (Å²) in [5.41, 5.74) is 0.775. The monoisotopic (exact) mass is 241 g/mol. The Morgan fingerprint density at radius 1 is 1.50 bits per heavy atom. The van der Waals surface area contributed by atoms with Gasteiger partial charge < -0.3 is 5.11 Å². The maximum Gasteiger partial charge on any atom is 0.167 e. The van der Waals surface area contributed by atoms with E-state index in [2.05, 4.69) is 4.98 Å². The van der Waals surface area contributed by atoms with Gasteiger partial charge in [0.15, 0.2) is 5.78 Å². The van der Waals surface area contributed by atoms with E-state index < -0.39 is 6.10 Å². The van der Waals surface area contributed by atoms with E-state index in [4.69, 9.17) is 0 Å². The predicted molar refractivity (Wildman–Crippen MR) is 65.6 cm³/mol. The predicted octanol–water partition coefficient (Wildman–Crippen LogP) is 2.36. The fourth-order valence-electron chi connectivity index (χ4n) is 1.77. The normalized spacial score (nSPS) is 13.1. The molecule has 1 aromatic heterocycles. The number of nitrogens with zero attached hydrogens (tertiary/aromatic N) is 1. The Labute approximate surface area is 101 Å². The first-order chi connectivity index (χ1) is 7.58. The van der Waals surface area contributed by atoms with Crippen LogP contribution in [0, 0.1) is 12.8 Å². The molecule has 0 radical (unpaired) electrons. The average molecular weight is 241 g/mol. The van der Waals surface area contributed by atoms with Gasteiger partial charge >= 0.3 is 0 Å². The van der Waals surface area contributed by atoms with Crippen LogP contribution in [0.3, 0.4) is 0 Å². The van der Waals surface area contributed by atoms with Gasteiger partial charge in [0.2, 0.25) is 0 Å². The highest BCUT2D eigenvalue weighted by atomic mass is 32.1. The highest BCUT2D eigenvalue weighted by Gasteiger charge is 2.23. The number of aliphatic hydroxyl groups excluding tert-OH is 1. The van der Waals surface area contributed by atoms with Crippen molar-refractivity contribution in [3.05, 3.63) is 16.1 Å². The lowest BCUT2D eigenvalue weighted by Gasteiger charge is -2.18. The molecule has 0 aliphatic rings. The molecule has 3 nitrogen and oxygen atoms in total. The molecular weight excluding hydrogens is 222 g/mol. The molecule has 0 saturated carbocycles. The van der Waals surface area contributed by atoms with Gasteiger partial charge in [-0.15, -0.1) is 11.3 Å². The molecule has 0 fully saturated rings. The molecular formula is C12H19NO2S. The number of carbonyl (C=O) groups excluding carboxylic acids is 1. The lowest BCUT2D eigenvalue weighted by molar-refractivity contribution is -0.129. The molecule has 1 rings (SSSR count). The summed E-state index contributed by atoms with van der Waals surface area (Å²) < 4.78 is 0. The number of ketones is 1. The summed E-state index contributed by atoms with van der Waals surface area (Å²) in [5, 5.41) is 12.7. The molecule has 0 spiro atoms. The fraction of sp³-hybridized carbons (Fsp3) is 0.667. The van der Waals surface area contributed by atoms with Gasteiger partial charge in [-0.2, -0.15) is 0 Å². The molecule has 0 saturated heterocycles. The molecule has 0 bridgehead atoms. The standard InChI is InChI=1S/C12H19NO2S/c1-4-9(5-2)12(15)11(14)6-10-7-16-8(3)13-10/h7,9,12,15H,4-6H2,1-3H3. The van der Waals surface area contributed by atoms with E-state index in [1.165, 1.54) is 11.3 Å². The van der Waals surface area contributed by atoms with E-state index in [-0.39, 0.29) is 18.1 Å². The van der Waals surface area contributed by atoms with Gasteiger partial charge in [0.1, 0.15) is 6.10 Å². The second kappa shape index (κ2) is 6.11. The number of carbonyl (C=O) groups is 1. The van der Waals surface area contributed by atoms with Crippen molar-refractivity contribution in [3.63, 3.8) is 0 Å². The van der Waals surface area contributed by atoms with Crippen molar-refractivity contribution in [2.75, 3.05) is 0 Å². The molecule has 90 valence electrons. The molecule has 0 amide bonds. The molecule has 1 atom stereocenters. The van der Waals surface area contributed by atoms with Crippen LogP contribution in [-0.4, -0.2) is 22.0 Å². The highest BCUT2D eigenvalue weighted by molar-refractivity contribution is 7.09. The molecule has 1 N–H and O–H groups in total. The minimum atomic E-state index is -0.836. The van der Waals surface area contributed by atoms with Crippen molar-refractivity contribution in [2.24, 2.45) is 5.92 Å². The van der Waals surface area contributed by atoms with E-state index in [0.717, 1.165) is 23.5 Å². The van der Waals surface area contributed by atoms with Crippen LogP contribution in [0.5, 0.6) is 0 Å². The number of aryl methyl sites for hydroxylation is 1. The van der Waals surface area contributed by atoms with Gasteiger partial charge in [-0.25, -0.2) is 4.98 Å². The Morgan fingerprint density at radius 2 is 2.12 bits per heavy atom. The van der Waals surface area contributed by atoms with Crippen LogP contribution in [0.4, 0.5) is 0 Å². The maximum absolute atomic E-state index is 11.8. The van der Waals surface area contributed by atoms with Crippen molar-refractivity contribution in [3.8, 4) is 0 Å². The maximum atomic E-state index is 11.8. The topological polar surface area (TPSA) is 50.2 Å². The van der Waals surface area contributed by atoms with Gasteiger partial charge in [-0.1, -0.05) is 26.7 Å². The van der Waals surface area contributed by atoms with Crippen molar-refractivity contribution >= 4 is 17.1 Å². The number of thiazole rings is 1. The third-order valence-electron chi connectivity index (χ3n) is 2.85. The first-order valence-corrected chi connectivity index (χ1v) is 6.58. The van der Waals surface area contributed by atoms with Crippen LogP contribution in [0.2, 0.25) is 0 Å². The Bertz CT molecular complexity index is 345. The van der Waals surface area contributed by atoms with E-state index in [1.54, 1.807) is 0 Å². The number of rotatable bonds is 6. The fourth-order valence-corrected chi connectivity index (χ4v) is 2.38. The Morgan fingerprint density at radius 3 is 2.56 bits per heavy atom. The van der Waals surface area contributed by atoms with Crippen LogP contribution in [-0.2, 0) is 11.2 Å². The molecule has 0 aliphatic heterocycles. The summed E-state index contributed by atoms with van der Waals surface area (Å²) in [6, 6.07) is 0. The zero-order valence-corrected chi connectivity index (χ0v) is 10.9. The quantitative estimate of drug-likeness (QED) is 0.831. The number of aromatic nitrogens is 1. The highest BCUT2D eigenvalue weighted by Crippen LogP contribution is 2.16. The summed E-state index contributed by atoms with van der Waals surface area (Å²) in [5.74, 6) is -0.0359. The number of aliphatic hydroxyl groups is 1. The Hall–Kier alpha value is -0.740. The van der Waals surface area contributed by atoms with Gasteiger partial charge in [-0.05, 0) is 12.8 Å². The van der Waals surface area contributed by atoms with Crippen LogP contribution < -0.4 is 0 Å². The smallest absolute Gasteiger partial charge is 0.167 e. The second-order valence-corrected chi connectivity index (χ2v) is 5.08. The number of hydrogen-bond acceptors (Lipinski definition) is 4. The average Bonchev–Trinajstić information content (AvgIpc) is 2.65. The van der Waals surface area contributed by atoms with Gasteiger partial charge in [-0.3, -0.25) is 4.79 Å². The first kappa shape index (κ1) is 13.3. The van der Waals surface area contributed by atoms with Gasteiger partial charge in [0, 0.05) is 5.38 Å². The Kier molecular flexibility index (Phi) is 5.09. The summed E-state index contributed by atoms with van der Waals surface area (Å²) in [6.07, 6.45) is 1.08. The van der Waals surface area contributed by atoms with E-state index in [9.17, 15) is 9.90 Å². The lowest BCUT2D eigenvalue weighted by atomic mass is 9.92. The third kappa shape index (κ3) is 3.39. The SMILES string of the molecule is CCC(CC)C(O)C(=O)Cc1csc(C)n1. The molecule has 1 unspecified atom stereocenters. The minimum absolute atomic E-state index is 0.0761. The van der Waals surface area contributed by atoms with E-state index >= 15 is 0 Å². The zero-order valence-electron chi connectivity index (χ0n) is 10.1. The number of hydrogen-bond donors (Lipinski definition) is 1. The summed E-state index contributed by atoms with van der Waals surface area (Å²) in [6.45, 7) is 5.91. The number of Topliss-reactive ketones (excluding diaryl/α,β-unsaturated/α-hetero) is 1. The third-order valence-corrected chi connectivity index (χ3v) is 3.67. The van der Waals surface area contributed by atoms with E-state index in [1.807, 2.05) is 26.2 Å². The molecule has 1 heterocycles. The summed E-state index contributed by atoms with van der Waals surface area (Å²) in [4.78, 5) is 16.0. The molecule has 16 heavy (non-hydrogen) atoms. The first-order valence-electron chi connectivity index (χ1n) is 5.70. The summed E-state index contributed by atoms with van der Waals surface area (Å²) in [7, 11) is 0. The second-order valence-electron chi connectivity index (χ2n) is 4.02. The van der Waals surface area contributed by atoms with Crippen LogP contribution in [0.25, 0.3) is 0 Å².